The number of rotatable bonds is 1. The highest BCUT2D eigenvalue weighted by atomic mass is 14.7. The Bertz CT molecular complexity index is 152. The molecular formula is C7H9N. The van der Waals surface area contributed by atoms with Crippen LogP contribution in [0.1, 0.15) is 13.3 Å². The first kappa shape index (κ1) is 5.29. The minimum atomic E-state index is 1.000. The summed E-state index contributed by atoms with van der Waals surface area (Å²) >= 11 is 0. The third-order valence-corrected chi connectivity index (χ3v) is 1.01. The van der Waals surface area contributed by atoms with Crippen molar-refractivity contribution in [2.45, 2.75) is 13.3 Å². The molecule has 42 valence electrons. The standard InChI is InChI=1S/C7H9N/c1-2-4-7-5-3-6-8-7/h2,4-6H,3H2,1H3/b4-2+. The lowest BCUT2D eigenvalue weighted by Crippen LogP contribution is -1.60. The van der Waals surface area contributed by atoms with Crippen molar-refractivity contribution in [2.24, 2.45) is 4.99 Å². The third kappa shape index (κ3) is 1.06. The quantitative estimate of drug-likeness (QED) is 0.485. The van der Waals surface area contributed by atoms with Gasteiger partial charge in [-0.05, 0) is 13.0 Å². The van der Waals surface area contributed by atoms with Crippen LogP contribution >= 0.6 is 0 Å². The van der Waals surface area contributed by atoms with E-state index in [9.17, 15) is 0 Å². The van der Waals surface area contributed by atoms with E-state index in [0.29, 0.717) is 0 Å². The van der Waals surface area contributed by atoms with Crippen LogP contribution in [0.25, 0.3) is 0 Å². The van der Waals surface area contributed by atoms with Gasteiger partial charge >= 0.3 is 0 Å². The van der Waals surface area contributed by atoms with E-state index >= 15 is 0 Å². The summed E-state index contributed by atoms with van der Waals surface area (Å²) in [6, 6.07) is 0. The molecule has 0 aromatic rings. The predicted octanol–water partition coefficient (Wildman–Crippen LogP) is 1.92. The summed E-state index contributed by atoms with van der Waals surface area (Å²) in [6.45, 7) is 1.99. The maximum atomic E-state index is 4.07. The fourth-order valence-corrected chi connectivity index (χ4v) is 0.666. The molecular weight excluding hydrogens is 98.1 g/mol. The summed E-state index contributed by atoms with van der Waals surface area (Å²) in [6.07, 6.45) is 9.01. The Balaban J connectivity index is 2.58. The number of aliphatic imine (C=N–C) groups is 1. The highest BCUT2D eigenvalue weighted by Gasteiger charge is 1.89. The molecule has 0 amide bonds. The monoisotopic (exact) mass is 107 g/mol. The molecule has 0 radical (unpaired) electrons. The minimum absolute atomic E-state index is 1.000. The Labute approximate surface area is 49.4 Å². The molecule has 1 heteroatoms. The molecule has 8 heavy (non-hydrogen) atoms. The van der Waals surface area contributed by atoms with Crippen LogP contribution in [0.4, 0.5) is 0 Å². The van der Waals surface area contributed by atoms with Crippen LogP contribution in [0.5, 0.6) is 0 Å². The van der Waals surface area contributed by atoms with E-state index in [1.165, 1.54) is 0 Å². The lowest BCUT2D eigenvalue weighted by molar-refractivity contribution is 1.44. The molecule has 0 aliphatic carbocycles. The number of nitrogens with zero attached hydrogens (tertiary/aromatic N) is 1. The summed E-state index contributed by atoms with van der Waals surface area (Å²) in [4.78, 5) is 4.07. The third-order valence-electron chi connectivity index (χ3n) is 1.01. The molecule has 0 unspecified atom stereocenters. The van der Waals surface area contributed by atoms with E-state index in [0.717, 1.165) is 12.1 Å². The summed E-state index contributed by atoms with van der Waals surface area (Å²) in [5, 5.41) is 0. The molecule has 1 rings (SSSR count). The molecule has 0 saturated carbocycles. The Morgan fingerprint density at radius 1 is 1.75 bits per heavy atom. The largest absolute Gasteiger partial charge is 0.261 e. The van der Waals surface area contributed by atoms with Crippen LogP contribution in [-0.4, -0.2) is 6.21 Å². The Hall–Kier alpha value is -0.850. The smallest absolute Gasteiger partial charge is 0.0586 e. The molecule has 1 heterocycles. The molecule has 0 N–H and O–H groups in total. The molecule has 0 aromatic heterocycles. The molecule has 1 aliphatic rings. The number of hydrogen-bond donors (Lipinski definition) is 0. The zero-order valence-electron chi connectivity index (χ0n) is 4.96. The maximum absolute atomic E-state index is 4.07. The van der Waals surface area contributed by atoms with Gasteiger partial charge in [-0.1, -0.05) is 12.2 Å². The van der Waals surface area contributed by atoms with Gasteiger partial charge in [-0.15, -0.1) is 0 Å². The fourth-order valence-electron chi connectivity index (χ4n) is 0.666. The number of hydrogen-bond acceptors (Lipinski definition) is 1. The highest BCUT2D eigenvalue weighted by Crippen LogP contribution is 2.05. The molecule has 0 bridgehead atoms. The van der Waals surface area contributed by atoms with E-state index in [4.69, 9.17) is 0 Å². The summed E-state index contributed by atoms with van der Waals surface area (Å²) in [7, 11) is 0. The van der Waals surface area contributed by atoms with Gasteiger partial charge in [-0.3, -0.25) is 4.99 Å². The number of allylic oxidation sites excluding steroid dienone is 3. The van der Waals surface area contributed by atoms with Gasteiger partial charge in [-0.25, -0.2) is 0 Å². The van der Waals surface area contributed by atoms with Crippen LogP contribution < -0.4 is 0 Å². The molecule has 1 aliphatic heterocycles. The summed E-state index contributed by atoms with van der Waals surface area (Å²) in [5.41, 5.74) is 1.09. The lowest BCUT2D eigenvalue weighted by atomic mass is 10.4. The highest BCUT2D eigenvalue weighted by molar-refractivity contribution is 5.65. The van der Waals surface area contributed by atoms with Crippen molar-refractivity contribution in [1.29, 1.82) is 0 Å². The van der Waals surface area contributed by atoms with Crippen LogP contribution in [0.2, 0.25) is 0 Å². The molecule has 1 nitrogen and oxygen atoms in total. The van der Waals surface area contributed by atoms with Crippen molar-refractivity contribution in [3.8, 4) is 0 Å². The second-order valence-electron chi connectivity index (χ2n) is 1.68. The minimum Gasteiger partial charge on any atom is -0.261 e. The van der Waals surface area contributed by atoms with Crippen LogP contribution in [0, 0.1) is 0 Å². The van der Waals surface area contributed by atoms with Crippen LogP contribution in [0.3, 0.4) is 0 Å². The predicted molar refractivity (Wildman–Crippen MR) is 36.0 cm³/mol. The zero-order chi connectivity index (χ0) is 5.82. The van der Waals surface area contributed by atoms with Gasteiger partial charge in [0.1, 0.15) is 0 Å². The van der Waals surface area contributed by atoms with Crippen molar-refractivity contribution < 1.29 is 0 Å². The van der Waals surface area contributed by atoms with E-state index in [1.807, 2.05) is 25.3 Å². The van der Waals surface area contributed by atoms with Crippen molar-refractivity contribution in [1.82, 2.24) is 0 Å². The average molecular weight is 107 g/mol. The first-order valence-electron chi connectivity index (χ1n) is 2.79. The SMILES string of the molecule is C/C=C/C1=CCC=N1. The Morgan fingerprint density at radius 3 is 3.12 bits per heavy atom. The van der Waals surface area contributed by atoms with Crippen LogP contribution in [-0.2, 0) is 0 Å². The first-order chi connectivity index (χ1) is 3.93. The van der Waals surface area contributed by atoms with Crippen molar-refractivity contribution in [3.63, 3.8) is 0 Å². The Kier molecular flexibility index (Phi) is 1.62. The molecule has 0 aromatic carbocycles. The van der Waals surface area contributed by atoms with Gasteiger partial charge in [-0.2, -0.15) is 0 Å². The first-order valence-corrected chi connectivity index (χ1v) is 2.79. The molecule has 0 saturated heterocycles. The van der Waals surface area contributed by atoms with Gasteiger partial charge in [0, 0.05) is 12.6 Å². The van der Waals surface area contributed by atoms with Gasteiger partial charge in [0.25, 0.3) is 0 Å². The Morgan fingerprint density at radius 2 is 2.62 bits per heavy atom. The van der Waals surface area contributed by atoms with Crippen LogP contribution in [0.15, 0.2) is 28.9 Å². The normalized spacial score (nSPS) is 17.9. The molecule has 0 spiro atoms. The maximum Gasteiger partial charge on any atom is 0.0586 e. The van der Waals surface area contributed by atoms with Crippen molar-refractivity contribution >= 4 is 6.21 Å². The van der Waals surface area contributed by atoms with E-state index < -0.39 is 0 Å². The summed E-state index contributed by atoms with van der Waals surface area (Å²) < 4.78 is 0. The second kappa shape index (κ2) is 2.46. The van der Waals surface area contributed by atoms with Gasteiger partial charge < -0.3 is 0 Å². The van der Waals surface area contributed by atoms with E-state index in [1.54, 1.807) is 0 Å². The summed E-state index contributed by atoms with van der Waals surface area (Å²) in [5.74, 6) is 0. The van der Waals surface area contributed by atoms with E-state index in [-0.39, 0.29) is 0 Å². The van der Waals surface area contributed by atoms with Crippen molar-refractivity contribution in [2.75, 3.05) is 0 Å². The second-order valence-corrected chi connectivity index (χ2v) is 1.68. The van der Waals surface area contributed by atoms with Gasteiger partial charge in [0.05, 0.1) is 5.70 Å². The topological polar surface area (TPSA) is 12.4 Å². The van der Waals surface area contributed by atoms with Gasteiger partial charge in [0.15, 0.2) is 0 Å². The van der Waals surface area contributed by atoms with E-state index in [2.05, 4.69) is 11.1 Å². The average Bonchev–Trinajstić information content (AvgIpc) is 2.19. The zero-order valence-corrected chi connectivity index (χ0v) is 4.96. The molecule has 0 atom stereocenters. The molecule has 0 fully saturated rings. The van der Waals surface area contributed by atoms with Gasteiger partial charge in [0.2, 0.25) is 0 Å². The lowest BCUT2D eigenvalue weighted by Gasteiger charge is -1.80. The van der Waals surface area contributed by atoms with Crippen molar-refractivity contribution in [3.05, 3.63) is 23.9 Å². The fraction of sp³-hybridized carbons (Fsp3) is 0.286.